The van der Waals surface area contributed by atoms with Gasteiger partial charge in [-0.2, -0.15) is 10.1 Å². The summed E-state index contributed by atoms with van der Waals surface area (Å²) in [7, 11) is 0. The quantitative estimate of drug-likeness (QED) is 0.266. The van der Waals surface area contributed by atoms with E-state index >= 15 is 0 Å². The first-order chi connectivity index (χ1) is 8.54. The van der Waals surface area contributed by atoms with Crippen LogP contribution in [0, 0.1) is 0 Å². The van der Waals surface area contributed by atoms with Gasteiger partial charge in [0.15, 0.2) is 5.82 Å². The van der Waals surface area contributed by atoms with Crippen LogP contribution in [0.25, 0.3) is 10.9 Å². The van der Waals surface area contributed by atoms with Gasteiger partial charge in [0, 0.05) is 11.1 Å². The van der Waals surface area contributed by atoms with Crippen molar-refractivity contribution in [2.24, 2.45) is 5.84 Å². The molecule has 8 nitrogen and oxygen atoms in total. The number of carbonyl (C=O) groups excluding carboxylic acids is 1. The van der Waals surface area contributed by atoms with E-state index in [1.54, 1.807) is 19.1 Å². The highest BCUT2D eigenvalue weighted by Crippen LogP contribution is 2.29. The molecule has 0 saturated heterocycles. The summed E-state index contributed by atoms with van der Waals surface area (Å²) in [5.74, 6) is 5.84. The Morgan fingerprint density at radius 3 is 2.89 bits per heavy atom. The van der Waals surface area contributed by atoms with Gasteiger partial charge in [-0.15, -0.1) is 0 Å². The predicted molar refractivity (Wildman–Crippen MR) is 68.6 cm³/mol. The summed E-state index contributed by atoms with van der Waals surface area (Å²) in [6.07, 6.45) is -0.702. The third kappa shape index (κ3) is 1.89. The van der Waals surface area contributed by atoms with Crippen molar-refractivity contribution in [2.75, 3.05) is 23.1 Å². The van der Waals surface area contributed by atoms with E-state index in [0.29, 0.717) is 22.3 Å². The number of aromatic nitrogens is 2. The summed E-state index contributed by atoms with van der Waals surface area (Å²) >= 11 is 0. The van der Waals surface area contributed by atoms with Crippen LogP contribution in [0.5, 0.6) is 0 Å². The summed E-state index contributed by atoms with van der Waals surface area (Å²) in [6, 6.07) is 3.22. The van der Waals surface area contributed by atoms with Crippen LogP contribution in [0.15, 0.2) is 12.1 Å². The van der Waals surface area contributed by atoms with Crippen molar-refractivity contribution in [1.82, 2.24) is 10.2 Å². The Morgan fingerprint density at radius 1 is 1.50 bits per heavy atom. The molecule has 1 amide bonds. The number of benzene rings is 1. The molecule has 1 heterocycles. The molecule has 1 aromatic heterocycles. The van der Waals surface area contributed by atoms with E-state index in [9.17, 15) is 4.79 Å². The standard InChI is InChI=1S/C10H14N6O2/c1-2-18-10(17)16(13)9-6-3-5(11)4-7(12)8(6)14-15-9/h3-4H,2,11-13H2,1H3,(H,14,15). The molecule has 8 heteroatoms. The lowest BCUT2D eigenvalue weighted by atomic mass is 10.2. The number of hydrazine groups is 1. The number of nitrogen functional groups attached to an aromatic ring is 2. The van der Waals surface area contributed by atoms with Crippen LogP contribution in [-0.2, 0) is 4.74 Å². The molecule has 0 aliphatic rings. The Labute approximate surface area is 103 Å². The van der Waals surface area contributed by atoms with Gasteiger partial charge in [-0.05, 0) is 19.1 Å². The van der Waals surface area contributed by atoms with Crippen LogP contribution >= 0.6 is 0 Å². The minimum atomic E-state index is -0.702. The highest BCUT2D eigenvalue weighted by atomic mass is 16.6. The Hall–Kier alpha value is -2.48. The van der Waals surface area contributed by atoms with Gasteiger partial charge in [0.2, 0.25) is 0 Å². The molecule has 2 aromatic rings. The van der Waals surface area contributed by atoms with Gasteiger partial charge in [-0.1, -0.05) is 0 Å². The Bertz CT molecular complexity index is 593. The molecular formula is C10H14N6O2. The van der Waals surface area contributed by atoms with Crippen LogP contribution in [0.4, 0.5) is 22.0 Å². The number of hydrogen-bond acceptors (Lipinski definition) is 6. The largest absolute Gasteiger partial charge is 0.448 e. The number of carbonyl (C=O) groups is 1. The number of nitrogens with two attached hydrogens (primary N) is 3. The average molecular weight is 250 g/mol. The van der Waals surface area contributed by atoms with Crippen LogP contribution < -0.4 is 22.3 Å². The van der Waals surface area contributed by atoms with E-state index < -0.39 is 6.09 Å². The second-order valence-corrected chi connectivity index (χ2v) is 3.65. The Kier molecular flexibility index (Phi) is 2.94. The zero-order valence-corrected chi connectivity index (χ0v) is 9.80. The van der Waals surface area contributed by atoms with Crippen molar-refractivity contribution in [3.05, 3.63) is 12.1 Å². The minimum absolute atomic E-state index is 0.211. The smallest absolute Gasteiger partial charge is 0.430 e. The maximum Gasteiger partial charge on any atom is 0.430 e. The topological polar surface area (TPSA) is 136 Å². The average Bonchev–Trinajstić information content (AvgIpc) is 2.72. The molecule has 2 rings (SSSR count). The van der Waals surface area contributed by atoms with Gasteiger partial charge in [-0.25, -0.2) is 10.6 Å². The molecule has 0 spiro atoms. The highest BCUT2D eigenvalue weighted by Gasteiger charge is 2.19. The number of rotatable bonds is 2. The lowest BCUT2D eigenvalue weighted by Crippen LogP contribution is -2.38. The first-order valence-corrected chi connectivity index (χ1v) is 5.29. The van der Waals surface area contributed by atoms with Crippen LogP contribution in [-0.4, -0.2) is 22.9 Å². The fraction of sp³-hybridized carbons (Fsp3) is 0.200. The normalized spacial score (nSPS) is 10.6. The molecule has 0 atom stereocenters. The molecular weight excluding hydrogens is 236 g/mol. The molecule has 0 bridgehead atoms. The van der Waals surface area contributed by atoms with Gasteiger partial charge < -0.3 is 16.2 Å². The molecule has 0 fully saturated rings. The third-order valence-electron chi connectivity index (χ3n) is 2.40. The zero-order chi connectivity index (χ0) is 13.3. The Balaban J connectivity index is 2.49. The van der Waals surface area contributed by atoms with Crippen molar-refractivity contribution >= 4 is 34.2 Å². The zero-order valence-electron chi connectivity index (χ0n) is 9.80. The second kappa shape index (κ2) is 4.41. The minimum Gasteiger partial charge on any atom is -0.448 e. The van der Waals surface area contributed by atoms with E-state index in [-0.39, 0.29) is 12.4 Å². The fourth-order valence-corrected chi connectivity index (χ4v) is 1.62. The van der Waals surface area contributed by atoms with Crippen molar-refractivity contribution in [1.29, 1.82) is 0 Å². The van der Waals surface area contributed by atoms with E-state index in [1.807, 2.05) is 0 Å². The third-order valence-corrected chi connectivity index (χ3v) is 2.40. The second-order valence-electron chi connectivity index (χ2n) is 3.65. The molecule has 96 valence electrons. The predicted octanol–water partition coefficient (Wildman–Crippen LogP) is 0.564. The van der Waals surface area contributed by atoms with Crippen molar-refractivity contribution < 1.29 is 9.53 Å². The van der Waals surface area contributed by atoms with Gasteiger partial charge >= 0.3 is 6.09 Å². The lowest BCUT2D eigenvalue weighted by Gasteiger charge is -2.13. The fourth-order valence-electron chi connectivity index (χ4n) is 1.62. The molecule has 0 saturated carbocycles. The van der Waals surface area contributed by atoms with E-state index in [1.165, 1.54) is 0 Å². The monoisotopic (exact) mass is 250 g/mol. The number of nitrogens with zero attached hydrogens (tertiary/aromatic N) is 2. The van der Waals surface area contributed by atoms with E-state index in [4.69, 9.17) is 22.0 Å². The summed E-state index contributed by atoms with van der Waals surface area (Å²) in [6.45, 7) is 1.91. The molecule has 0 unspecified atom stereocenters. The lowest BCUT2D eigenvalue weighted by molar-refractivity contribution is 0.159. The van der Waals surface area contributed by atoms with Crippen LogP contribution in [0.1, 0.15) is 6.92 Å². The van der Waals surface area contributed by atoms with Gasteiger partial charge in [0.1, 0.15) is 0 Å². The number of amides is 1. The number of aromatic amines is 1. The number of nitrogens with one attached hydrogen (secondary N) is 1. The first-order valence-electron chi connectivity index (χ1n) is 5.29. The number of fused-ring (bicyclic) bond motifs is 1. The van der Waals surface area contributed by atoms with Gasteiger partial charge in [0.05, 0.1) is 17.8 Å². The van der Waals surface area contributed by atoms with Crippen molar-refractivity contribution in [3.8, 4) is 0 Å². The first kappa shape index (κ1) is 12.0. The van der Waals surface area contributed by atoms with Gasteiger partial charge in [-0.3, -0.25) is 5.10 Å². The molecule has 0 aliphatic carbocycles. The molecule has 7 N–H and O–H groups in total. The number of hydrogen-bond donors (Lipinski definition) is 4. The summed E-state index contributed by atoms with van der Waals surface area (Å²) in [4.78, 5) is 11.5. The van der Waals surface area contributed by atoms with Crippen molar-refractivity contribution in [3.63, 3.8) is 0 Å². The van der Waals surface area contributed by atoms with E-state index in [2.05, 4.69) is 10.2 Å². The van der Waals surface area contributed by atoms with E-state index in [0.717, 1.165) is 5.01 Å². The molecule has 18 heavy (non-hydrogen) atoms. The number of ether oxygens (including phenoxy) is 1. The summed E-state index contributed by atoms with van der Waals surface area (Å²) < 4.78 is 4.78. The van der Waals surface area contributed by atoms with Gasteiger partial charge in [0.25, 0.3) is 0 Å². The van der Waals surface area contributed by atoms with Crippen LogP contribution in [0.2, 0.25) is 0 Å². The Morgan fingerprint density at radius 2 is 2.22 bits per heavy atom. The van der Waals surface area contributed by atoms with Crippen molar-refractivity contribution in [2.45, 2.75) is 6.92 Å². The maximum atomic E-state index is 11.5. The van der Waals surface area contributed by atoms with Crippen LogP contribution in [0.3, 0.4) is 0 Å². The SMILES string of the molecule is CCOC(=O)N(N)c1n[nH]c2c(N)cc(N)cc12. The molecule has 0 radical (unpaired) electrons. The number of H-pyrrole nitrogens is 1. The summed E-state index contributed by atoms with van der Waals surface area (Å²) in [5, 5.41) is 8.01. The number of anilines is 3. The molecule has 1 aromatic carbocycles. The molecule has 0 aliphatic heterocycles. The maximum absolute atomic E-state index is 11.5. The summed E-state index contributed by atoms with van der Waals surface area (Å²) in [5.41, 5.74) is 12.9. The highest BCUT2D eigenvalue weighted by molar-refractivity contribution is 6.03.